The monoisotopic (exact) mass is 249 g/mol. The molecule has 2 fully saturated rings. The molecule has 2 rings (SSSR count). The second kappa shape index (κ2) is 4.45. The van der Waals surface area contributed by atoms with E-state index < -0.39 is 12.1 Å². The van der Waals surface area contributed by atoms with Crippen LogP contribution in [0.1, 0.15) is 52.4 Å². The molecule has 2 aliphatic carbocycles. The van der Waals surface area contributed by atoms with Gasteiger partial charge in [-0.1, -0.05) is 13.3 Å². The lowest BCUT2D eigenvalue weighted by Gasteiger charge is -2.34. The Balaban J connectivity index is 1.85. The Morgan fingerprint density at radius 2 is 1.88 bits per heavy atom. The zero-order valence-corrected chi connectivity index (χ0v) is 10.6. The van der Waals surface area contributed by atoms with E-state index in [0.29, 0.717) is 24.3 Å². The molecule has 3 unspecified atom stereocenters. The maximum absolute atomic E-state index is 12.7. The largest absolute Gasteiger partial charge is 0.391 e. The first-order valence-corrected chi connectivity index (χ1v) is 6.64. The summed E-state index contributed by atoms with van der Waals surface area (Å²) in [7, 11) is 0. The van der Waals surface area contributed by atoms with Crippen molar-refractivity contribution in [3.8, 4) is 0 Å². The normalized spacial score (nSPS) is 34.4. The fraction of sp³-hybridized carbons (Fsp3) is 1.00. The summed E-state index contributed by atoms with van der Waals surface area (Å²) in [6.07, 6.45) is 0.579. The molecule has 0 aliphatic heterocycles. The van der Waals surface area contributed by atoms with Crippen LogP contribution in [0.15, 0.2) is 0 Å². The van der Waals surface area contributed by atoms with Crippen molar-refractivity contribution in [1.82, 2.24) is 5.32 Å². The number of rotatable bonds is 3. The van der Waals surface area contributed by atoms with E-state index >= 15 is 0 Å². The molecule has 2 aliphatic rings. The summed E-state index contributed by atoms with van der Waals surface area (Å²) >= 11 is 0. The van der Waals surface area contributed by atoms with Crippen LogP contribution in [-0.2, 0) is 0 Å². The Bertz CT molecular complexity index is 268. The maximum atomic E-state index is 12.7. The third-order valence-electron chi connectivity index (χ3n) is 4.71. The SMILES string of the molecule is CC(NC1CCCC(C(F)(F)F)C1)C1(C)CC1. The van der Waals surface area contributed by atoms with E-state index in [4.69, 9.17) is 0 Å². The van der Waals surface area contributed by atoms with Gasteiger partial charge < -0.3 is 5.32 Å². The number of halogens is 3. The topological polar surface area (TPSA) is 12.0 Å². The van der Waals surface area contributed by atoms with E-state index in [1.807, 2.05) is 0 Å². The van der Waals surface area contributed by atoms with E-state index in [1.54, 1.807) is 0 Å². The highest BCUT2D eigenvalue weighted by atomic mass is 19.4. The highest BCUT2D eigenvalue weighted by molar-refractivity contribution is 4.98. The predicted octanol–water partition coefficient (Wildman–Crippen LogP) is 3.89. The Morgan fingerprint density at radius 3 is 2.41 bits per heavy atom. The second-order valence-electron chi connectivity index (χ2n) is 6.14. The molecule has 0 saturated heterocycles. The minimum absolute atomic E-state index is 0.0581. The van der Waals surface area contributed by atoms with Gasteiger partial charge in [-0.25, -0.2) is 0 Å². The molecule has 0 aromatic rings. The second-order valence-corrected chi connectivity index (χ2v) is 6.14. The van der Waals surface area contributed by atoms with Gasteiger partial charge in [0.25, 0.3) is 0 Å². The van der Waals surface area contributed by atoms with Gasteiger partial charge in [0.2, 0.25) is 0 Å². The van der Waals surface area contributed by atoms with Gasteiger partial charge >= 0.3 is 6.18 Å². The van der Waals surface area contributed by atoms with Crippen LogP contribution < -0.4 is 5.32 Å². The van der Waals surface area contributed by atoms with Gasteiger partial charge in [0.15, 0.2) is 0 Å². The van der Waals surface area contributed by atoms with Crippen LogP contribution in [0.25, 0.3) is 0 Å². The predicted molar refractivity (Wildman–Crippen MR) is 61.7 cm³/mol. The number of alkyl halides is 3. The van der Waals surface area contributed by atoms with Crippen molar-refractivity contribution in [2.75, 3.05) is 0 Å². The van der Waals surface area contributed by atoms with Crippen LogP contribution in [0, 0.1) is 11.3 Å². The molecule has 3 atom stereocenters. The number of nitrogens with one attached hydrogen (secondary N) is 1. The molecule has 1 N–H and O–H groups in total. The van der Waals surface area contributed by atoms with E-state index in [2.05, 4.69) is 19.2 Å². The standard InChI is InChI=1S/C13H22F3N/c1-9(12(2)6-7-12)17-11-5-3-4-10(8-11)13(14,15)16/h9-11,17H,3-8H2,1-2H3. The lowest BCUT2D eigenvalue weighted by molar-refractivity contribution is -0.184. The Hall–Kier alpha value is -0.250. The van der Waals surface area contributed by atoms with Gasteiger partial charge in [0, 0.05) is 12.1 Å². The fourth-order valence-corrected chi connectivity index (χ4v) is 2.82. The molecular formula is C13H22F3N. The van der Waals surface area contributed by atoms with Crippen molar-refractivity contribution in [3.63, 3.8) is 0 Å². The molecule has 2 saturated carbocycles. The van der Waals surface area contributed by atoms with Gasteiger partial charge in [0.05, 0.1) is 5.92 Å². The first-order valence-electron chi connectivity index (χ1n) is 6.64. The molecule has 0 aromatic heterocycles. The highest BCUT2D eigenvalue weighted by Gasteiger charge is 2.45. The molecule has 17 heavy (non-hydrogen) atoms. The van der Waals surface area contributed by atoms with Gasteiger partial charge in [-0.3, -0.25) is 0 Å². The first kappa shape index (κ1) is 13.2. The van der Waals surface area contributed by atoms with Gasteiger partial charge in [-0.15, -0.1) is 0 Å². The molecule has 0 bridgehead atoms. The zero-order chi connectivity index (χ0) is 12.7. The van der Waals surface area contributed by atoms with Crippen molar-refractivity contribution < 1.29 is 13.2 Å². The highest BCUT2D eigenvalue weighted by Crippen LogP contribution is 2.48. The van der Waals surface area contributed by atoms with Crippen LogP contribution in [0.3, 0.4) is 0 Å². The molecule has 0 radical (unpaired) electrons. The van der Waals surface area contributed by atoms with Crippen molar-refractivity contribution in [2.24, 2.45) is 11.3 Å². The lowest BCUT2D eigenvalue weighted by atomic mass is 9.84. The number of hydrogen-bond acceptors (Lipinski definition) is 1. The first-order chi connectivity index (χ1) is 7.81. The van der Waals surface area contributed by atoms with E-state index in [9.17, 15) is 13.2 Å². The zero-order valence-electron chi connectivity index (χ0n) is 10.6. The lowest BCUT2D eigenvalue weighted by Crippen LogP contribution is -2.45. The van der Waals surface area contributed by atoms with Crippen molar-refractivity contribution in [3.05, 3.63) is 0 Å². The molecular weight excluding hydrogens is 227 g/mol. The van der Waals surface area contributed by atoms with Gasteiger partial charge in [-0.2, -0.15) is 13.2 Å². The summed E-state index contributed by atoms with van der Waals surface area (Å²) in [4.78, 5) is 0. The Labute approximate surface area is 101 Å². The van der Waals surface area contributed by atoms with Gasteiger partial charge in [0.1, 0.15) is 0 Å². The molecule has 1 nitrogen and oxygen atoms in total. The average molecular weight is 249 g/mol. The molecule has 0 amide bonds. The molecule has 0 heterocycles. The summed E-state index contributed by atoms with van der Waals surface area (Å²) in [5, 5.41) is 3.42. The van der Waals surface area contributed by atoms with Crippen LogP contribution in [0.2, 0.25) is 0 Å². The maximum Gasteiger partial charge on any atom is 0.391 e. The summed E-state index contributed by atoms with van der Waals surface area (Å²) in [5.74, 6) is -1.09. The minimum Gasteiger partial charge on any atom is -0.311 e. The molecule has 4 heteroatoms. The Morgan fingerprint density at radius 1 is 1.24 bits per heavy atom. The quantitative estimate of drug-likeness (QED) is 0.800. The van der Waals surface area contributed by atoms with Crippen LogP contribution in [0.4, 0.5) is 13.2 Å². The smallest absolute Gasteiger partial charge is 0.311 e. The van der Waals surface area contributed by atoms with Crippen LogP contribution in [0.5, 0.6) is 0 Å². The number of hydrogen-bond donors (Lipinski definition) is 1. The summed E-state index contributed by atoms with van der Waals surface area (Å²) in [6, 6.07) is 0.405. The third kappa shape index (κ3) is 3.15. The van der Waals surface area contributed by atoms with Crippen molar-refractivity contribution in [1.29, 1.82) is 0 Å². The minimum atomic E-state index is -4.01. The third-order valence-corrected chi connectivity index (χ3v) is 4.71. The molecule has 100 valence electrons. The fourth-order valence-electron chi connectivity index (χ4n) is 2.82. The van der Waals surface area contributed by atoms with Crippen LogP contribution in [-0.4, -0.2) is 18.3 Å². The van der Waals surface area contributed by atoms with Crippen molar-refractivity contribution >= 4 is 0 Å². The summed E-state index contributed by atoms with van der Waals surface area (Å²) < 4.78 is 38.0. The summed E-state index contributed by atoms with van der Waals surface area (Å²) in [6.45, 7) is 4.33. The Kier molecular flexibility index (Phi) is 3.45. The van der Waals surface area contributed by atoms with E-state index in [1.165, 1.54) is 12.8 Å². The molecule has 0 spiro atoms. The summed E-state index contributed by atoms with van der Waals surface area (Å²) in [5.41, 5.74) is 0.338. The van der Waals surface area contributed by atoms with Crippen LogP contribution >= 0.6 is 0 Å². The average Bonchev–Trinajstić information content (AvgIpc) is 2.97. The van der Waals surface area contributed by atoms with Gasteiger partial charge in [-0.05, 0) is 44.4 Å². The van der Waals surface area contributed by atoms with E-state index in [0.717, 1.165) is 6.42 Å². The van der Waals surface area contributed by atoms with Crippen molar-refractivity contribution in [2.45, 2.75) is 70.6 Å². The van der Waals surface area contributed by atoms with E-state index in [-0.39, 0.29) is 12.5 Å². The molecule has 0 aromatic carbocycles.